The van der Waals surface area contributed by atoms with Crippen LogP contribution in [-0.2, 0) is 16.8 Å². The van der Waals surface area contributed by atoms with Gasteiger partial charge in [-0.1, -0.05) is 30.3 Å². The van der Waals surface area contributed by atoms with Crippen LogP contribution in [0.15, 0.2) is 30.3 Å². The molecule has 0 spiro atoms. The lowest BCUT2D eigenvalue weighted by Crippen LogP contribution is -2.47. The molecule has 0 radical (unpaired) electrons. The van der Waals surface area contributed by atoms with E-state index in [0.717, 1.165) is 18.4 Å². The van der Waals surface area contributed by atoms with E-state index >= 15 is 0 Å². The van der Waals surface area contributed by atoms with Crippen LogP contribution in [0.1, 0.15) is 18.4 Å². The fraction of sp³-hybridized carbons (Fsp3) is 0.538. The van der Waals surface area contributed by atoms with Crippen molar-refractivity contribution in [1.82, 2.24) is 9.03 Å². The Hall–Kier alpha value is -0.950. The van der Waals surface area contributed by atoms with Crippen molar-refractivity contribution in [3.63, 3.8) is 0 Å². The van der Waals surface area contributed by atoms with E-state index in [1.165, 1.54) is 4.31 Å². The van der Waals surface area contributed by atoms with Crippen LogP contribution in [0.2, 0.25) is 0 Å². The maximum Gasteiger partial charge on any atom is 0.279 e. The van der Waals surface area contributed by atoms with Crippen molar-refractivity contribution in [2.45, 2.75) is 25.4 Å². The Labute approximate surface area is 115 Å². The Morgan fingerprint density at radius 1 is 1.37 bits per heavy atom. The smallest absolute Gasteiger partial charge is 0.279 e. The number of nitrogens with two attached hydrogens (primary N) is 1. The number of hydrogen-bond acceptors (Lipinski definition) is 3. The van der Waals surface area contributed by atoms with Crippen LogP contribution in [0.3, 0.4) is 0 Å². The highest BCUT2D eigenvalue weighted by Crippen LogP contribution is 2.32. The Balaban J connectivity index is 1.98. The first kappa shape index (κ1) is 14.5. The molecule has 0 heterocycles. The summed E-state index contributed by atoms with van der Waals surface area (Å²) in [5, 5.41) is 0. The summed E-state index contributed by atoms with van der Waals surface area (Å²) in [4.78, 5) is 0. The average molecular weight is 283 g/mol. The third-order valence-electron chi connectivity index (χ3n) is 3.40. The molecule has 1 aliphatic carbocycles. The monoisotopic (exact) mass is 283 g/mol. The summed E-state index contributed by atoms with van der Waals surface area (Å²) in [6.07, 6.45) is 2.12. The minimum atomic E-state index is -3.47. The highest BCUT2D eigenvalue weighted by Gasteiger charge is 2.34. The maximum atomic E-state index is 12.2. The van der Waals surface area contributed by atoms with Crippen molar-refractivity contribution < 1.29 is 8.42 Å². The van der Waals surface area contributed by atoms with Gasteiger partial charge >= 0.3 is 0 Å². The Morgan fingerprint density at radius 3 is 2.53 bits per heavy atom. The molecule has 2 rings (SSSR count). The number of hydrogen-bond donors (Lipinski definition) is 2. The molecule has 6 heteroatoms. The zero-order valence-corrected chi connectivity index (χ0v) is 11.9. The molecule has 3 N–H and O–H groups in total. The molecule has 0 amide bonds. The van der Waals surface area contributed by atoms with Crippen molar-refractivity contribution in [2.24, 2.45) is 11.7 Å². The Kier molecular flexibility index (Phi) is 4.57. The summed E-state index contributed by atoms with van der Waals surface area (Å²) < 4.78 is 28.4. The predicted octanol–water partition coefficient (Wildman–Crippen LogP) is 0.690. The summed E-state index contributed by atoms with van der Waals surface area (Å²) in [6, 6.07) is 9.39. The fourth-order valence-electron chi connectivity index (χ4n) is 2.04. The average Bonchev–Trinajstić information content (AvgIpc) is 3.21. The van der Waals surface area contributed by atoms with Crippen molar-refractivity contribution in [3.8, 4) is 0 Å². The minimum Gasteiger partial charge on any atom is -0.329 e. The lowest BCUT2D eigenvalue weighted by Gasteiger charge is -2.22. The molecule has 0 bridgehead atoms. The zero-order valence-electron chi connectivity index (χ0n) is 11.1. The zero-order chi connectivity index (χ0) is 13.9. The van der Waals surface area contributed by atoms with Gasteiger partial charge in [0, 0.05) is 26.2 Å². The molecule has 1 aliphatic rings. The first-order chi connectivity index (χ1) is 9.03. The SMILES string of the molecule is CN(Cc1ccccc1)S(=O)(=O)NC(CN)C1CC1. The summed E-state index contributed by atoms with van der Waals surface area (Å²) in [5.41, 5.74) is 6.59. The van der Waals surface area contributed by atoms with Crippen LogP contribution in [0, 0.1) is 5.92 Å². The van der Waals surface area contributed by atoms with Gasteiger partial charge in [0.2, 0.25) is 0 Å². The number of benzene rings is 1. The molecule has 1 aromatic rings. The number of nitrogens with one attached hydrogen (secondary N) is 1. The minimum absolute atomic E-state index is 0.136. The molecule has 1 atom stereocenters. The van der Waals surface area contributed by atoms with Crippen LogP contribution in [0.25, 0.3) is 0 Å². The van der Waals surface area contributed by atoms with E-state index < -0.39 is 10.2 Å². The largest absolute Gasteiger partial charge is 0.329 e. The molecule has 0 aromatic heterocycles. The molecule has 106 valence electrons. The van der Waals surface area contributed by atoms with Crippen LogP contribution >= 0.6 is 0 Å². The molecule has 1 aromatic carbocycles. The number of rotatable bonds is 7. The molecular weight excluding hydrogens is 262 g/mol. The molecular formula is C13H21N3O2S. The van der Waals surface area contributed by atoms with Gasteiger partial charge in [-0.15, -0.1) is 0 Å². The normalized spacial score (nSPS) is 17.6. The summed E-state index contributed by atoms with van der Waals surface area (Å²) in [6.45, 7) is 0.710. The van der Waals surface area contributed by atoms with Crippen molar-refractivity contribution in [1.29, 1.82) is 0 Å². The second kappa shape index (κ2) is 6.00. The van der Waals surface area contributed by atoms with E-state index in [9.17, 15) is 8.42 Å². The second-order valence-electron chi connectivity index (χ2n) is 5.04. The summed E-state index contributed by atoms with van der Waals surface area (Å²) >= 11 is 0. The fourth-order valence-corrected chi connectivity index (χ4v) is 3.21. The standard InChI is InChI=1S/C13H21N3O2S/c1-16(10-11-5-3-2-4-6-11)19(17,18)15-13(9-14)12-7-8-12/h2-6,12-13,15H,7-10,14H2,1H3. The van der Waals surface area contributed by atoms with E-state index in [-0.39, 0.29) is 6.04 Å². The van der Waals surface area contributed by atoms with E-state index in [1.54, 1.807) is 7.05 Å². The topological polar surface area (TPSA) is 75.4 Å². The maximum absolute atomic E-state index is 12.2. The van der Waals surface area contributed by atoms with Crippen LogP contribution < -0.4 is 10.5 Å². The van der Waals surface area contributed by atoms with E-state index in [2.05, 4.69) is 4.72 Å². The highest BCUT2D eigenvalue weighted by molar-refractivity contribution is 7.87. The Bertz CT molecular complexity index is 500. The van der Waals surface area contributed by atoms with Gasteiger partial charge in [0.1, 0.15) is 0 Å². The second-order valence-corrected chi connectivity index (χ2v) is 6.85. The van der Waals surface area contributed by atoms with Gasteiger partial charge < -0.3 is 5.73 Å². The van der Waals surface area contributed by atoms with E-state index in [0.29, 0.717) is 19.0 Å². The van der Waals surface area contributed by atoms with Gasteiger partial charge in [-0.25, -0.2) is 0 Å². The van der Waals surface area contributed by atoms with Crippen molar-refractivity contribution in [2.75, 3.05) is 13.6 Å². The highest BCUT2D eigenvalue weighted by atomic mass is 32.2. The third kappa shape index (κ3) is 4.01. The molecule has 0 saturated heterocycles. The quantitative estimate of drug-likeness (QED) is 0.773. The molecule has 1 fully saturated rings. The van der Waals surface area contributed by atoms with Crippen molar-refractivity contribution >= 4 is 10.2 Å². The van der Waals surface area contributed by atoms with Gasteiger partial charge in [0.05, 0.1) is 0 Å². The first-order valence-electron chi connectivity index (χ1n) is 6.50. The molecule has 0 aliphatic heterocycles. The molecule has 1 unspecified atom stereocenters. The molecule has 5 nitrogen and oxygen atoms in total. The van der Waals surface area contributed by atoms with Gasteiger partial charge in [-0.2, -0.15) is 17.4 Å². The third-order valence-corrected chi connectivity index (χ3v) is 4.95. The predicted molar refractivity (Wildman–Crippen MR) is 75.5 cm³/mol. The van der Waals surface area contributed by atoms with Gasteiger partial charge in [-0.3, -0.25) is 0 Å². The van der Waals surface area contributed by atoms with Gasteiger partial charge in [-0.05, 0) is 24.3 Å². The number of nitrogens with zero attached hydrogens (tertiary/aromatic N) is 1. The van der Waals surface area contributed by atoms with Crippen molar-refractivity contribution in [3.05, 3.63) is 35.9 Å². The summed E-state index contributed by atoms with van der Waals surface area (Å²) in [7, 11) is -1.89. The molecule has 19 heavy (non-hydrogen) atoms. The lowest BCUT2D eigenvalue weighted by atomic mass is 10.2. The van der Waals surface area contributed by atoms with Crippen LogP contribution in [-0.4, -0.2) is 32.4 Å². The van der Waals surface area contributed by atoms with E-state index in [4.69, 9.17) is 5.73 Å². The first-order valence-corrected chi connectivity index (χ1v) is 7.94. The summed E-state index contributed by atoms with van der Waals surface area (Å²) in [5.74, 6) is 0.407. The Morgan fingerprint density at radius 2 is 2.00 bits per heavy atom. The lowest BCUT2D eigenvalue weighted by molar-refractivity contribution is 0.434. The van der Waals surface area contributed by atoms with Gasteiger partial charge in [0.15, 0.2) is 0 Å². The molecule has 1 saturated carbocycles. The van der Waals surface area contributed by atoms with Crippen LogP contribution in [0.4, 0.5) is 0 Å². The van der Waals surface area contributed by atoms with E-state index in [1.807, 2.05) is 30.3 Å². The van der Waals surface area contributed by atoms with Crippen LogP contribution in [0.5, 0.6) is 0 Å². The van der Waals surface area contributed by atoms with Gasteiger partial charge in [0.25, 0.3) is 10.2 Å².